The van der Waals surface area contributed by atoms with Crippen LogP contribution in [-0.2, 0) is 13.5 Å². The van der Waals surface area contributed by atoms with Gasteiger partial charge in [0.2, 0.25) is 0 Å². The van der Waals surface area contributed by atoms with E-state index in [1.165, 1.54) is 11.3 Å². The van der Waals surface area contributed by atoms with E-state index in [0.29, 0.717) is 0 Å². The summed E-state index contributed by atoms with van der Waals surface area (Å²) in [7, 11) is 2.02. The molecule has 17 heavy (non-hydrogen) atoms. The number of aryl methyl sites for hydroxylation is 1. The van der Waals surface area contributed by atoms with Gasteiger partial charge >= 0.3 is 0 Å². The average molecular weight is 294 g/mol. The van der Waals surface area contributed by atoms with E-state index in [1.54, 1.807) is 0 Å². The van der Waals surface area contributed by atoms with Crippen LogP contribution in [0.3, 0.4) is 0 Å². The van der Waals surface area contributed by atoms with Crippen molar-refractivity contribution in [2.45, 2.75) is 13.3 Å². The summed E-state index contributed by atoms with van der Waals surface area (Å²) in [6.45, 7) is 3.00. The molecular formula is C13H16BrN3. The molecule has 1 aromatic carbocycles. The quantitative estimate of drug-likeness (QED) is 0.939. The van der Waals surface area contributed by atoms with E-state index in [2.05, 4.69) is 49.9 Å². The number of hydrogen-bond acceptors (Lipinski definition) is 2. The van der Waals surface area contributed by atoms with Crippen LogP contribution >= 0.6 is 15.9 Å². The van der Waals surface area contributed by atoms with Gasteiger partial charge in [-0.3, -0.25) is 0 Å². The molecule has 0 unspecified atom stereocenters. The van der Waals surface area contributed by atoms with E-state index in [1.807, 2.05) is 25.5 Å². The second-order valence-electron chi connectivity index (χ2n) is 4.04. The number of nitrogens with zero attached hydrogens (tertiary/aromatic N) is 2. The van der Waals surface area contributed by atoms with Crippen LogP contribution in [0.2, 0.25) is 0 Å². The third-order valence-electron chi connectivity index (χ3n) is 2.85. The fourth-order valence-corrected chi connectivity index (χ4v) is 2.11. The number of aromatic nitrogens is 2. The largest absolute Gasteiger partial charge is 0.384 e. The molecule has 0 atom stereocenters. The minimum Gasteiger partial charge on any atom is -0.384 e. The third kappa shape index (κ3) is 2.88. The number of halogens is 1. The van der Waals surface area contributed by atoms with Crippen LogP contribution in [-0.4, -0.2) is 16.1 Å². The molecule has 0 amide bonds. The van der Waals surface area contributed by atoms with Gasteiger partial charge in [-0.2, -0.15) is 0 Å². The molecule has 1 aromatic heterocycles. The van der Waals surface area contributed by atoms with Gasteiger partial charge in [0, 0.05) is 42.6 Å². The minimum atomic E-state index is 0.891. The van der Waals surface area contributed by atoms with E-state index in [0.717, 1.165) is 23.3 Å². The highest BCUT2D eigenvalue weighted by molar-refractivity contribution is 9.10. The molecule has 0 spiro atoms. The van der Waals surface area contributed by atoms with Gasteiger partial charge in [-0.1, -0.05) is 22.0 Å². The molecule has 0 saturated heterocycles. The van der Waals surface area contributed by atoms with Crippen molar-refractivity contribution in [1.29, 1.82) is 0 Å². The number of anilines is 1. The molecule has 4 heteroatoms. The molecule has 90 valence electrons. The van der Waals surface area contributed by atoms with Gasteiger partial charge in [0.15, 0.2) is 0 Å². The Bertz CT molecular complexity index is 505. The standard InChI is InChI=1S/C13H16BrN3/c1-10-11(14)4-3-5-12(10)15-7-6-13-16-8-9-17(13)2/h3-5,8-9,15H,6-7H2,1-2H3. The Hall–Kier alpha value is -1.29. The maximum atomic E-state index is 4.30. The van der Waals surface area contributed by atoms with Gasteiger partial charge in [-0.15, -0.1) is 0 Å². The summed E-state index contributed by atoms with van der Waals surface area (Å²) < 4.78 is 3.19. The van der Waals surface area contributed by atoms with Crippen LogP contribution < -0.4 is 5.32 Å². The molecule has 0 saturated carbocycles. The first-order valence-electron chi connectivity index (χ1n) is 5.63. The minimum absolute atomic E-state index is 0.891. The lowest BCUT2D eigenvalue weighted by atomic mass is 10.2. The second-order valence-corrected chi connectivity index (χ2v) is 4.90. The Morgan fingerprint density at radius 2 is 2.24 bits per heavy atom. The maximum Gasteiger partial charge on any atom is 0.110 e. The molecule has 3 nitrogen and oxygen atoms in total. The Balaban J connectivity index is 1.95. The molecular weight excluding hydrogens is 278 g/mol. The first-order valence-corrected chi connectivity index (χ1v) is 6.43. The predicted octanol–water partition coefficient (Wildman–Crippen LogP) is 3.15. The number of rotatable bonds is 4. The number of benzene rings is 1. The zero-order chi connectivity index (χ0) is 12.3. The van der Waals surface area contributed by atoms with Gasteiger partial charge < -0.3 is 9.88 Å². The van der Waals surface area contributed by atoms with Crippen molar-refractivity contribution < 1.29 is 0 Å². The molecule has 0 bridgehead atoms. The van der Waals surface area contributed by atoms with Crippen molar-refractivity contribution in [3.05, 3.63) is 46.5 Å². The lowest BCUT2D eigenvalue weighted by Gasteiger charge is -2.10. The third-order valence-corrected chi connectivity index (χ3v) is 3.71. The van der Waals surface area contributed by atoms with Gasteiger partial charge in [0.1, 0.15) is 5.82 Å². The van der Waals surface area contributed by atoms with E-state index in [-0.39, 0.29) is 0 Å². The van der Waals surface area contributed by atoms with Crippen LogP contribution in [0.1, 0.15) is 11.4 Å². The van der Waals surface area contributed by atoms with Crippen molar-refractivity contribution in [2.75, 3.05) is 11.9 Å². The molecule has 1 heterocycles. The Kier molecular flexibility index (Phi) is 3.84. The van der Waals surface area contributed by atoms with E-state index in [9.17, 15) is 0 Å². The number of imidazole rings is 1. The van der Waals surface area contributed by atoms with E-state index >= 15 is 0 Å². The maximum absolute atomic E-state index is 4.30. The molecule has 0 aliphatic carbocycles. The molecule has 1 N–H and O–H groups in total. The fraction of sp³-hybridized carbons (Fsp3) is 0.308. The highest BCUT2D eigenvalue weighted by Crippen LogP contribution is 2.23. The van der Waals surface area contributed by atoms with Gasteiger partial charge in [-0.25, -0.2) is 4.98 Å². The van der Waals surface area contributed by atoms with Crippen molar-refractivity contribution >= 4 is 21.6 Å². The molecule has 0 aliphatic rings. The summed E-state index contributed by atoms with van der Waals surface area (Å²) >= 11 is 3.53. The van der Waals surface area contributed by atoms with Crippen molar-refractivity contribution in [3.8, 4) is 0 Å². The van der Waals surface area contributed by atoms with Crippen molar-refractivity contribution in [3.63, 3.8) is 0 Å². The lowest BCUT2D eigenvalue weighted by molar-refractivity contribution is 0.789. The monoisotopic (exact) mass is 293 g/mol. The first kappa shape index (κ1) is 12.2. The SMILES string of the molecule is Cc1c(Br)cccc1NCCc1nccn1C. The zero-order valence-electron chi connectivity index (χ0n) is 10.1. The average Bonchev–Trinajstić information content (AvgIpc) is 2.71. The van der Waals surface area contributed by atoms with Crippen LogP contribution in [0.5, 0.6) is 0 Å². The van der Waals surface area contributed by atoms with Gasteiger partial charge in [-0.05, 0) is 24.6 Å². The Morgan fingerprint density at radius 3 is 2.94 bits per heavy atom. The summed E-state index contributed by atoms with van der Waals surface area (Å²) in [4.78, 5) is 4.30. The first-order chi connectivity index (χ1) is 8.18. The summed E-state index contributed by atoms with van der Waals surface area (Å²) in [6.07, 6.45) is 4.73. The van der Waals surface area contributed by atoms with Gasteiger partial charge in [0.25, 0.3) is 0 Å². The van der Waals surface area contributed by atoms with Gasteiger partial charge in [0.05, 0.1) is 0 Å². The summed E-state index contributed by atoms with van der Waals surface area (Å²) in [5.41, 5.74) is 2.42. The Morgan fingerprint density at radius 1 is 1.41 bits per heavy atom. The number of nitrogens with one attached hydrogen (secondary N) is 1. The van der Waals surface area contributed by atoms with Crippen LogP contribution in [0.25, 0.3) is 0 Å². The van der Waals surface area contributed by atoms with E-state index in [4.69, 9.17) is 0 Å². The number of hydrogen-bond donors (Lipinski definition) is 1. The summed E-state index contributed by atoms with van der Waals surface area (Å²) in [6, 6.07) is 6.19. The van der Waals surface area contributed by atoms with Crippen LogP contribution in [0, 0.1) is 6.92 Å². The fourth-order valence-electron chi connectivity index (χ4n) is 1.75. The summed E-state index contributed by atoms with van der Waals surface area (Å²) in [5.74, 6) is 1.10. The topological polar surface area (TPSA) is 29.9 Å². The molecule has 2 rings (SSSR count). The van der Waals surface area contributed by atoms with Crippen molar-refractivity contribution in [2.24, 2.45) is 7.05 Å². The zero-order valence-corrected chi connectivity index (χ0v) is 11.7. The lowest BCUT2D eigenvalue weighted by Crippen LogP contribution is -2.09. The molecule has 0 fully saturated rings. The van der Waals surface area contributed by atoms with Crippen LogP contribution in [0.4, 0.5) is 5.69 Å². The molecule has 0 aliphatic heterocycles. The molecule has 0 radical (unpaired) electrons. The van der Waals surface area contributed by atoms with Crippen LogP contribution in [0.15, 0.2) is 35.1 Å². The summed E-state index contributed by atoms with van der Waals surface area (Å²) in [5, 5.41) is 3.44. The van der Waals surface area contributed by atoms with E-state index < -0.39 is 0 Å². The predicted molar refractivity (Wildman–Crippen MR) is 74.3 cm³/mol. The smallest absolute Gasteiger partial charge is 0.110 e. The normalized spacial score (nSPS) is 10.5. The highest BCUT2D eigenvalue weighted by Gasteiger charge is 2.02. The highest BCUT2D eigenvalue weighted by atomic mass is 79.9. The Labute approximate surface area is 110 Å². The second kappa shape index (κ2) is 5.36. The van der Waals surface area contributed by atoms with Crippen molar-refractivity contribution in [1.82, 2.24) is 9.55 Å². The molecule has 2 aromatic rings.